The van der Waals surface area contributed by atoms with Gasteiger partial charge in [-0.05, 0) is 31.6 Å². The number of oxime groups is 1. The van der Waals surface area contributed by atoms with Crippen molar-refractivity contribution in [2.24, 2.45) is 22.2 Å². The lowest BCUT2D eigenvalue weighted by Gasteiger charge is -2.44. The average molecular weight is 267 g/mol. The number of piperidine rings is 1. The molecule has 0 radical (unpaired) electrons. The van der Waals surface area contributed by atoms with Gasteiger partial charge in [0.2, 0.25) is 5.91 Å². The topological polar surface area (TPSA) is 78.9 Å². The molecule has 1 saturated heterocycles. The molecule has 1 saturated carbocycles. The molecule has 0 aromatic rings. The first kappa shape index (κ1) is 14.2. The molecule has 0 bridgehead atoms. The molecule has 3 N–H and O–H groups in total. The summed E-state index contributed by atoms with van der Waals surface area (Å²) in [6, 6.07) is 0. The van der Waals surface area contributed by atoms with Gasteiger partial charge in [-0.25, -0.2) is 0 Å². The number of hydrogen-bond acceptors (Lipinski definition) is 3. The van der Waals surface area contributed by atoms with Crippen molar-refractivity contribution in [2.75, 3.05) is 13.1 Å². The minimum absolute atomic E-state index is 0.0731. The molecule has 5 heteroatoms. The Morgan fingerprint density at radius 3 is 2.47 bits per heavy atom. The van der Waals surface area contributed by atoms with E-state index in [9.17, 15) is 4.79 Å². The molecule has 1 heterocycles. The number of nitrogens with two attached hydrogens (primary N) is 1. The lowest BCUT2D eigenvalue weighted by atomic mass is 9.66. The molecule has 1 amide bonds. The van der Waals surface area contributed by atoms with Gasteiger partial charge in [-0.3, -0.25) is 4.79 Å². The fourth-order valence-electron chi connectivity index (χ4n) is 3.34. The van der Waals surface area contributed by atoms with Crippen LogP contribution in [0.25, 0.3) is 0 Å². The highest BCUT2D eigenvalue weighted by molar-refractivity contribution is 6.07. The number of rotatable bonds is 4. The Bertz CT molecular complexity index is 356. The van der Waals surface area contributed by atoms with Gasteiger partial charge in [0.1, 0.15) is 5.41 Å². The largest absolute Gasteiger partial charge is 0.409 e. The second kappa shape index (κ2) is 5.80. The van der Waals surface area contributed by atoms with E-state index < -0.39 is 5.41 Å². The van der Waals surface area contributed by atoms with Crippen LogP contribution in [0.3, 0.4) is 0 Å². The van der Waals surface area contributed by atoms with Crippen LogP contribution in [0.4, 0.5) is 0 Å². The second-order valence-corrected chi connectivity index (χ2v) is 5.95. The molecule has 0 atom stereocenters. The smallest absolute Gasteiger partial charge is 0.236 e. The van der Waals surface area contributed by atoms with Crippen molar-refractivity contribution >= 4 is 11.7 Å². The van der Waals surface area contributed by atoms with Crippen LogP contribution >= 0.6 is 0 Å². The third-order valence-electron chi connectivity index (χ3n) is 4.81. The van der Waals surface area contributed by atoms with Crippen LogP contribution in [0, 0.1) is 11.3 Å². The summed E-state index contributed by atoms with van der Waals surface area (Å²) in [4.78, 5) is 14.5. The Morgan fingerprint density at radius 2 is 2.05 bits per heavy atom. The Kier molecular flexibility index (Phi) is 4.32. The van der Waals surface area contributed by atoms with Crippen molar-refractivity contribution in [3.8, 4) is 0 Å². The van der Waals surface area contributed by atoms with E-state index in [0.29, 0.717) is 0 Å². The molecular formula is C14H25N3O2. The summed E-state index contributed by atoms with van der Waals surface area (Å²) in [5.74, 6) is 0.929. The number of likely N-dealkylation sites (tertiary alicyclic amines) is 1. The highest BCUT2D eigenvalue weighted by Gasteiger charge is 2.50. The molecule has 0 unspecified atom stereocenters. The van der Waals surface area contributed by atoms with Gasteiger partial charge >= 0.3 is 0 Å². The van der Waals surface area contributed by atoms with Crippen molar-refractivity contribution in [3.63, 3.8) is 0 Å². The summed E-state index contributed by atoms with van der Waals surface area (Å²) in [6.45, 7) is 3.85. The minimum Gasteiger partial charge on any atom is -0.409 e. The third kappa shape index (κ3) is 2.55. The van der Waals surface area contributed by atoms with Crippen LogP contribution in [0.2, 0.25) is 0 Å². The normalized spacial score (nSPS) is 24.1. The predicted octanol–water partition coefficient (Wildman–Crippen LogP) is 1.94. The monoisotopic (exact) mass is 267 g/mol. The zero-order valence-electron chi connectivity index (χ0n) is 11.8. The molecule has 1 aliphatic heterocycles. The minimum atomic E-state index is -0.702. The van der Waals surface area contributed by atoms with E-state index in [-0.39, 0.29) is 11.7 Å². The van der Waals surface area contributed by atoms with Crippen LogP contribution in [-0.2, 0) is 4.79 Å². The summed E-state index contributed by atoms with van der Waals surface area (Å²) in [6.07, 6.45) is 7.07. The van der Waals surface area contributed by atoms with Crippen LogP contribution in [-0.4, -0.2) is 34.9 Å². The van der Waals surface area contributed by atoms with Crippen LogP contribution in [0.15, 0.2) is 5.16 Å². The van der Waals surface area contributed by atoms with Gasteiger partial charge in [0.05, 0.1) is 0 Å². The molecule has 2 fully saturated rings. The van der Waals surface area contributed by atoms with Gasteiger partial charge in [0, 0.05) is 13.1 Å². The highest BCUT2D eigenvalue weighted by atomic mass is 16.4. The van der Waals surface area contributed by atoms with E-state index >= 15 is 0 Å². The first-order valence-corrected chi connectivity index (χ1v) is 7.41. The maximum atomic E-state index is 12.6. The van der Waals surface area contributed by atoms with Gasteiger partial charge in [-0.15, -0.1) is 0 Å². The quantitative estimate of drug-likeness (QED) is 0.353. The number of amidine groups is 1. The van der Waals surface area contributed by atoms with E-state index in [4.69, 9.17) is 10.9 Å². The number of hydrogen-bond donors (Lipinski definition) is 2. The lowest BCUT2D eigenvalue weighted by Crippen LogP contribution is -2.56. The summed E-state index contributed by atoms with van der Waals surface area (Å²) in [5.41, 5.74) is 5.05. The van der Waals surface area contributed by atoms with E-state index in [0.717, 1.165) is 51.1 Å². The summed E-state index contributed by atoms with van der Waals surface area (Å²) in [5, 5.41) is 12.0. The van der Waals surface area contributed by atoms with E-state index in [2.05, 4.69) is 12.1 Å². The number of carbonyl (C=O) groups is 1. The Hall–Kier alpha value is -1.26. The van der Waals surface area contributed by atoms with Crippen molar-refractivity contribution < 1.29 is 10.0 Å². The highest BCUT2D eigenvalue weighted by Crippen LogP contribution is 2.43. The van der Waals surface area contributed by atoms with Gasteiger partial charge in [0.15, 0.2) is 5.84 Å². The van der Waals surface area contributed by atoms with Crippen LogP contribution in [0.1, 0.15) is 51.9 Å². The first-order valence-electron chi connectivity index (χ1n) is 7.41. The zero-order valence-corrected chi connectivity index (χ0v) is 11.8. The predicted molar refractivity (Wildman–Crippen MR) is 73.9 cm³/mol. The second-order valence-electron chi connectivity index (χ2n) is 5.95. The number of amides is 1. The number of nitrogens with zero attached hydrogens (tertiary/aromatic N) is 2. The van der Waals surface area contributed by atoms with E-state index in [1.54, 1.807) is 0 Å². The van der Waals surface area contributed by atoms with E-state index in [1.807, 2.05) is 4.90 Å². The molecule has 0 aromatic carbocycles. The van der Waals surface area contributed by atoms with Gasteiger partial charge in [0.25, 0.3) is 0 Å². The number of carbonyl (C=O) groups excluding carboxylic acids is 1. The van der Waals surface area contributed by atoms with Gasteiger partial charge < -0.3 is 15.8 Å². The molecule has 0 aromatic heterocycles. The molecule has 19 heavy (non-hydrogen) atoms. The molecule has 108 valence electrons. The maximum Gasteiger partial charge on any atom is 0.236 e. The van der Waals surface area contributed by atoms with Crippen LogP contribution in [0.5, 0.6) is 0 Å². The standard InChI is InChI=1S/C14H25N3O2/c1-2-4-11-5-9-17(10-6-11)13(18)14(7-3-8-14)12(15)16-19/h11,19H,2-10H2,1H3,(H2,15,16). The molecule has 2 rings (SSSR count). The van der Waals surface area contributed by atoms with Crippen molar-refractivity contribution in [3.05, 3.63) is 0 Å². The fourth-order valence-corrected chi connectivity index (χ4v) is 3.34. The SMILES string of the molecule is CCCC1CCN(C(=O)C2(C(N)=NO)CCC2)CC1. The summed E-state index contributed by atoms with van der Waals surface area (Å²) in [7, 11) is 0. The fraction of sp³-hybridized carbons (Fsp3) is 0.857. The molecule has 2 aliphatic rings. The van der Waals surface area contributed by atoms with E-state index in [1.165, 1.54) is 12.8 Å². The van der Waals surface area contributed by atoms with Crippen molar-refractivity contribution in [1.29, 1.82) is 0 Å². The molecular weight excluding hydrogens is 242 g/mol. The van der Waals surface area contributed by atoms with Gasteiger partial charge in [-0.2, -0.15) is 0 Å². The van der Waals surface area contributed by atoms with Crippen molar-refractivity contribution in [1.82, 2.24) is 4.90 Å². The zero-order chi connectivity index (χ0) is 13.9. The molecule has 5 nitrogen and oxygen atoms in total. The summed E-state index contributed by atoms with van der Waals surface area (Å²) < 4.78 is 0. The Labute approximate surface area is 114 Å². The molecule has 0 spiro atoms. The van der Waals surface area contributed by atoms with Crippen LogP contribution < -0.4 is 5.73 Å². The third-order valence-corrected chi connectivity index (χ3v) is 4.81. The maximum absolute atomic E-state index is 12.6. The Balaban J connectivity index is 1.97. The first-order chi connectivity index (χ1) is 9.14. The van der Waals surface area contributed by atoms with Crippen molar-refractivity contribution in [2.45, 2.75) is 51.9 Å². The van der Waals surface area contributed by atoms with Gasteiger partial charge in [-0.1, -0.05) is 31.3 Å². The molecule has 1 aliphatic carbocycles. The Morgan fingerprint density at radius 1 is 1.42 bits per heavy atom. The average Bonchev–Trinajstić information content (AvgIpc) is 2.38. The summed E-state index contributed by atoms with van der Waals surface area (Å²) >= 11 is 0. The lowest BCUT2D eigenvalue weighted by molar-refractivity contribution is -0.143.